The van der Waals surface area contributed by atoms with Crippen LogP contribution >= 0.6 is 0 Å². The zero-order valence-corrected chi connectivity index (χ0v) is 46.9. The second-order valence-corrected chi connectivity index (χ2v) is 20.2. The first kappa shape index (κ1) is 66.4. The number of hydrogen-bond acceptors (Lipinski definition) is 16. The maximum atomic E-state index is 14.6. The minimum atomic E-state index is -1.91. The first-order valence-electron chi connectivity index (χ1n) is 27.2. The monoisotopic (exact) mass is 1180 g/mol. The van der Waals surface area contributed by atoms with Gasteiger partial charge < -0.3 is 89.2 Å². The number of phenolic OH excluding ortho intramolecular Hbond substituents is 2. The predicted molar refractivity (Wildman–Crippen MR) is 306 cm³/mol. The summed E-state index contributed by atoms with van der Waals surface area (Å²) in [4.78, 5) is 139. The summed E-state index contributed by atoms with van der Waals surface area (Å²) in [7, 11) is 0. The number of rotatable bonds is 32. The molecule has 4 aromatic carbocycles. The Kier molecular flexibility index (Phi) is 25.3. The second-order valence-electron chi connectivity index (χ2n) is 20.2. The Hall–Kier alpha value is -9.44. The van der Waals surface area contributed by atoms with E-state index in [1.165, 1.54) is 48.5 Å². The molecule has 0 bridgehead atoms. The van der Waals surface area contributed by atoms with Gasteiger partial charge in [0.2, 0.25) is 53.2 Å². The van der Waals surface area contributed by atoms with Crippen LogP contribution in [0.5, 0.6) is 11.5 Å². The Morgan fingerprint density at radius 2 is 0.906 bits per heavy atom. The highest BCUT2D eigenvalue weighted by Gasteiger charge is 2.37. The van der Waals surface area contributed by atoms with E-state index in [2.05, 4.69) is 52.8 Å². The molecule has 27 nitrogen and oxygen atoms in total. The first-order valence-corrected chi connectivity index (χ1v) is 27.2. The molecule has 0 unspecified atom stereocenters. The maximum absolute atomic E-state index is 14.6. The number of aliphatic carboxylic acids is 1. The standard InChI is InChI=1S/C58H73N11O16/c1-4-31(2)49(57(84)61-28-48(76)77)68-54(81)44(25-36-27-60-40-13-9-8-12-39(36)40)65-52(79)42(24-35-16-20-38(74)21-17-35)63-56(83)46(30-71)67-58(85)50(32(3)72)69-53(80)43(22-33-10-6-5-7-11-33)64-55(82)45(29-70)66-51(78)41(62-47(75)26-59)23-34-14-18-37(73)19-15-34/h5-21,27,31-32,41-46,49-50,60,70-74H,4,22-26,28-30,59H2,1-3H3,(H,61,84)(H,62,75)(H,63,83)(H,64,82)(H,65,79)(H,66,78)(H,67,85)(H,68,81)(H,69,80)(H,76,77)/t31-,32+,41-,42-,43-,44-,45-,46-,49-,50-/m0/s1. The molecular formula is C58H73N11O16. The van der Waals surface area contributed by atoms with Gasteiger partial charge in [-0.1, -0.05) is 93.1 Å². The Morgan fingerprint density at radius 3 is 1.38 bits per heavy atom. The van der Waals surface area contributed by atoms with Gasteiger partial charge in [0.15, 0.2) is 0 Å². The van der Waals surface area contributed by atoms with Gasteiger partial charge in [0.05, 0.1) is 25.9 Å². The number of aliphatic hydroxyl groups excluding tert-OH is 3. The molecular weight excluding hydrogens is 1110 g/mol. The highest BCUT2D eigenvalue weighted by atomic mass is 16.4. The average Bonchev–Trinajstić information content (AvgIpc) is 3.64. The number of hydrogen-bond donors (Lipinski definition) is 17. The lowest BCUT2D eigenvalue weighted by atomic mass is 9.96. The minimum Gasteiger partial charge on any atom is -0.508 e. The third-order valence-corrected chi connectivity index (χ3v) is 13.8. The highest BCUT2D eigenvalue weighted by molar-refractivity contribution is 5.99. The van der Waals surface area contributed by atoms with Crippen LogP contribution in [0.1, 0.15) is 49.4 Å². The van der Waals surface area contributed by atoms with Crippen molar-refractivity contribution < 1.29 is 78.6 Å². The number of aromatic nitrogens is 1. The highest BCUT2D eigenvalue weighted by Crippen LogP contribution is 2.21. The summed E-state index contributed by atoms with van der Waals surface area (Å²) in [5.41, 5.74) is 8.07. The molecule has 0 aliphatic heterocycles. The fourth-order valence-corrected chi connectivity index (χ4v) is 8.82. The van der Waals surface area contributed by atoms with Gasteiger partial charge in [0.25, 0.3) is 0 Å². The fourth-order valence-electron chi connectivity index (χ4n) is 8.82. The Bertz CT molecular complexity index is 3110. The fraction of sp³-hybridized carbons (Fsp3) is 0.379. The van der Waals surface area contributed by atoms with E-state index in [0.29, 0.717) is 39.6 Å². The zero-order chi connectivity index (χ0) is 62.3. The van der Waals surface area contributed by atoms with Gasteiger partial charge >= 0.3 is 5.97 Å². The van der Waals surface area contributed by atoms with Crippen LogP contribution in [0, 0.1) is 5.92 Å². The van der Waals surface area contributed by atoms with Crippen molar-refractivity contribution in [3.63, 3.8) is 0 Å². The summed E-state index contributed by atoms with van der Waals surface area (Å²) in [5, 5.41) is 83.5. The van der Waals surface area contributed by atoms with E-state index in [4.69, 9.17) is 5.73 Å². The van der Waals surface area contributed by atoms with Crippen molar-refractivity contribution in [2.24, 2.45) is 11.7 Å². The SMILES string of the molecule is CC[C@H](C)[C@H](NC(=O)[C@H](Cc1c[nH]c2ccccc12)NC(=O)[C@H](Cc1ccc(O)cc1)NC(=O)[C@H](CO)NC(=O)[C@@H](NC(=O)[C@H](Cc1ccccc1)NC(=O)[C@H](CO)NC(=O)[C@H](Cc1ccc(O)cc1)NC(=O)CN)[C@@H](C)O)C(=O)NCC(=O)O. The number of carbonyl (C=O) groups is 10. The number of nitrogens with two attached hydrogens (primary N) is 1. The zero-order valence-electron chi connectivity index (χ0n) is 46.9. The van der Waals surface area contributed by atoms with Crippen molar-refractivity contribution in [1.82, 2.24) is 52.8 Å². The smallest absolute Gasteiger partial charge is 0.322 e. The van der Waals surface area contributed by atoms with Crippen molar-refractivity contribution in [3.05, 3.63) is 132 Å². The topological polar surface area (TPSA) is 442 Å². The van der Waals surface area contributed by atoms with Crippen LogP contribution < -0.4 is 53.6 Å². The predicted octanol–water partition coefficient (Wildman–Crippen LogP) is -2.70. The summed E-state index contributed by atoms with van der Waals surface area (Å²) >= 11 is 0. The van der Waals surface area contributed by atoms with Crippen LogP contribution in [0.3, 0.4) is 0 Å². The summed E-state index contributed by atoms with van der Waals surface area (Å²) in [5.74, 6) is -10.9. The summed E-state index contributed by atoms with van der Waals surface area (Å²) in [6, 6.07) is 13.7. The van der Waals surface area contributed by atoms with Crippen molar-refractivity contribution in [2.75, 3.05) is 26.3 Å². The van der Waals surface area contributed by atoms with Gasteiger partial charge in [-0.3, -0.25) is 47.9 Å². The summed E-state index contributed by atoms with van der Waals surface area (Å²) in [6.45, 7) is 1.17. The van der Waals surface area contributed by atoms with Crippen LogP contribution in [-0.2, 0) is 73.6 Å². The number of aromatic amines is 1. The number of fused-ring (bicyclic) bond motifs is 1. The molecule has 27 heteroatoms. The number of nitrogens with one attached hydrogen (secondary N) is 10. The number of amides is 9. The average molecular weight is 1180 g/mol. The van der Waals surface area contributed by atoms with Crippen molar-refractivity contribution in [1.29, 1.82) is 0 Å². The van der Waals surface area contributed by atoms with Crippen LogP contribution in [0.15, 0.2) is 109 Å². The van der Waals surface area contributed by atoms with Crippen molar-refractivity contribution >= 4 is 70.0 Å². The molecule has 9 amide bonds. The largest absolute Gasteiger partial charge is 0.508 e. The van der Waals surface area contributed by atoms with E-state index in [1.807, 2.05) is 0 Å². The Balaban J connectivity index is 1.37. The Labute approximate surface area is 488 Å². The van der Waals surface area contributed by atoms with Crippen molar-refractivity contribution in [3.8, 4) is 11.5 Å². The molecule has 0 aliphatic carbocycles. The number of para-hydroxylation sites is 1. The molecule has 0 saturated heterocycles. The van der Waals surface area contributed by atoms with Crippen molar-refractivity contribution in [2.45, 2.75) is 107 Å². The number of carbonyl (C=O) groups excluding carboxylic acids is 9. The number of aliphatic hydroxyl groups is 3. The molecule has 85 heavy (non-hydrogen) atoms. The van der Waals surface area contributed by atoms with Crippen LogP contribution in [0.4, 0.5) is 0 Å². The molecule has 0 radical (unpaired) electrons. The second kappa shape index (κ2) is 32.4. The third-order valence-electron chi connectivity index (χ3n) is 13.8. The summed E-state index contributed by atoms with van der Waals surface area (Å²) in [6.07, 6.45) is -0.622. The van der Waals surface area contributed by atoms with Gasteiger partial charge in [-0.05, 0) is 65.4 Å². The van der Waals surface area contributed by atoms with Gasteiger partial charge in [0, 0.05) is 42.8 Å². The lowest BCUT2D eigenvalue weighted by molar-refractivity contribution is -0.139. The van der Waals surface area contributed by atoms with E-state index >= 15 is 0 Å². The Morgan fingerprint density at radius 1 is 0.494 bits per heavy atom. The molecule has 1 heterocycles. The molecule has 5 rings (SSSR count). The van der Waals surface area contributed by atoms with Gasteiger partial charge in [-0.2, -0.15) is 0 Å². The van der Waals surface area contributed by atoms with Crippen LogP contribution in [0.25, 0.3) is 10.9 Å². The summed E-state index contributed by atoms with van der Waals surface area (Å²) < 4.78 is 0. The van der Waals surface area contributed by atoms with Crippen LogP contribution in [0.2, 0.25) is 0 Å². The van der Waals surface area contributed by atoms with E-state index in [0.717, 1.165) is 6.92 Å². The number of H-pyrrole nitrogens is 1. The molecule has 10 atom stereocenters. The molecule has 456 valence electrons. The van der Waals surface area contributed by atoms with E-state index in [9.17, 15) is 78.6 Å². The third kappa shape index (κ3) is 20.2. The molecule has 0 saturated carbocycles. The van der Waals surface area contributed by atoms with Gasteiger partial charge in [0.1, 0.15) is 66.4 Å². The molecule has 0 fully saturated rings. The first-order chi connectivity index (χ1) is 40.5. The molecule has 18 N–H and O–H groups in total. The van der Waals surface area contributed by atoms with Gasteiger partial charge in [-0.25, -0.2) is 0 Å². The molecule has 0 spiro atoms. The maximum Gasteiger partial charge on any atom is 0.322 e. The minimum absolute atomic E-state index is 0.0637. The number of aromatic hydroxyl groups is 2. The van der Waals surface area contributed by atoms with E-state index in [-0.39, 0.29) is 37.2 Å². The molecule has 0 aliphatic rings. The van der Waals surface area contributed by atoms with Gasteiger partial charge in [-0.15, -0.1) is 0 Å². The van der Waals surface area contributed by atoms with E-state index < -0.39 is 146 Å². The number of phenols is 2. The molecule has 1 aromatic heterocycles. The molecule has 5 aromatic rings. The lowest BCUT2D eigenvalue weighted by Gasteiger charge is -2.29. The quantitative estimate of drug-likeness (QED) is 0.0208. The van der Waals surface area contributed by atoms with E-state index in [1.54, 1.807) is 74.6 Å². The lowest BCUT2D eigenvalue weighted by Crippen LogP contribution is -2.63. The number of benzene rings is 4. The number of carboxylic acids is 1. The number of carboxylic acid groups (broad SMARTS) is 1. The van der Waals surface area contributed by atoms with Crippen LogP contribution in [-0.4, -0.2) is 175 Å². The normalized spacial score (nSPS) is 14.6.